The van der Waals surface area contributed by atoms with Crippen LogP contribution in [0.2, 0.25) is 0 Å². The second-order valence-corrected chi connectivity index (χ2v) is 5.22. The second-order valence-electron chi connectivity index (χ2n) is 5.22. The fraction of sp³-hybridized carbons (Fsp3) is 0.389. The van der Waals surface area contributed by atoms with Crippen molar-refractivity contribution in [2.45, 2.75) is 33.2 Å². The van der Waals surface area contributed by atoms with E-state index in [4.69, 9.17) is 4.74 Å². The first-order valence-electron chi connectivity index (χ1n) is 7.57. The van der Waals surface area contributed by atoms with Crippen molar-refractivity contribution in [3.05, 3.63) is 59.4 Å². The molecule has 0 saturated carbocycles. The molecule has 1 N–H and O–H groups in total. The molecule has 1 unspecified atom stereocenters. The van der Waals surface area contributed by atoms with Crippen molar-refractivity contribution in [3.63, 3.8) is 0 Å². The summed E-state index contributed by atoms with van der Waals surface area (Å²) in [4.78, 5) is 4.30. The first kappa shape index (κ1) is 15.5. The Kier molecular flexibility index (Phi) is 5.76. The third kappa shape index (κ3) is 4.57. The van der Waals surface area contributed by atoms with Gasteiger partial charge in [-0.15, -0.1) is 0 Å². The molecule has 0 aliphatic rings. The molecule has 0 saturated heterocycles. The molecule has 0 aliphatic carbocycles. The molecule has 1 aromatic heterocycles. The van der Waals surface area contributed by atoms with E-state index in [1.807, 2.05) is 24.4 Å². The first-order valence-corrected chi connectivity index (χ1v) is 7.57. The van der Waals surface area contributed by atoms with Crippen LogP contribution < -0.4 is 10.1 Å². The third-order valence-electron chi connectivity index (χ3n) is 3.55. The highest BCUT2D eigenvalue weighted by molar-refractivity contribution is 5.37. The van der Waals surface area contributed by atoms with Gasteiger partial charge in [-0.05, 0) is 49.7 Å². The van der Waals surface area contributed by atoms with Crippen LogP contribution in [0.5, 0.6) is 5.75 Å². The standard InChI is InChI=1S/C18H24N2O/c1-4-19-15(3)16-8-9-18(14(2)13-16)21-12-10-17-7-5-6-11-20-17/h5-9,11,13,15,19H,4,10,12H2,1-3H3. The van der Waals surface area contributed by atoms with E-state index >= 15 is 0 Å². The summed E-state index contributed by atoms with van der Waals surface area (Å²) in [6.45, 7) is 8.03. The Balaban J connectivity index is 1.92. The van der Waals surface area contributed by atoms with E-state index in [2.05, 4.69) is 49.3 Å². The van der Waals surface area contributed by atoms with Crippen LogP contribution in [-0.4, -0.2) is 18.1 Å². The summed E-state index contributed by atoms with van der Waals surface area (Å²) < 4.78 is 5.88. The summed E-state index contributed by atoms with van der Waals surface area (Å²) in [5.41, 5.74) is 3.54. The van der Waals surface area contributed by atoms with Gasteiger partial charge >= 0.3 is 0 Å². The van der Waals surface area contributed by atoms with Crippen molar-refractivity contribution in [2.75, 3.05) is 13.2 Å². The predicted octanol–water partition coefficient (Wildman–Crippen LogP) is 3.68. The maximum Gasteiger partial charge on any atom is 0.122 e. The molecular formula is C18H24N2O. The van der Waals surface area contributed by atoms with E-state index < -0.39 is 0 Å². The number of benzene rings is 1. The Morgan fingerprint density at radius 3 is 2.76 bits per heavy atom. The summed E-state index contributed by atoms with van der Waals surface area (Å²) in [6, 6.07) is 12.7. The maximum atomic E-state index is 5.88. The van der Waals surface area contributed by atoms with Gasteiger partial charge in [-0.1, -0.05) is 25.1 Å². The molecule has 1 atom stereocenters. The van der Waals surface area contributed by atoms with E-state index in [9.17, 15) is 0 Å². The van der Waals surface area contributed by atoms with Crippen molar-refractivity contribution in [2.24, 2.45) is 0 Å². The van der Waals surface area contributed by atoms with Gasteiger partial charge in [0.1, 0.15) is 5.75 Å². The molecule has 0 spiro atoms. The minimum atomic E-state index is 0.372. The minimum absolute atomic E-state index is 0.372. The van der Waals surface area contributed by atoms with Gasteiger partial charge < -0.3 is 10.1 Å². The number of ether oxygens (including phenoxy) is 1. The van der Waals surface area contributed by atoms with E-state index in [0.717, 1.165) is 24.4 Å². The van der Waals surface area contributed by atoms with Crippen LogP contribution in [0.3, 0.4) is 0 Å². The van der Waals surface area contributed by atoms with Crippen LogP contribution in [0, 0.1) is 6.92 Å². The lowest BCUT2D eigenvalue weighted by Gasteiger charge is -2.15. The van der Waals surface area contributed by atoms with Crippen LogP contribution in [0.25, 0.3) is 0 Å². The average Bonchev–Trinajstić information content (AvgIpc) is 2.50. The Morgan fingerprint density at radius 2 is 2.10 bits per heavy atom. The molecule has 0 fully saturated rings. The molecule has 2 aromatic rings. The highest BCUT2D eigenvalue weighted by Crippen LogP contribution is 2.22. The van der Waals surface area contributed by atoms with Crippen LogP contribution in [0.1, 0.15) is 36.7 Å². The molecule has 3 heteroatoms. The van der Waals surface area contributed by atoms with Crippen LogP contribution in [0.4, 0.5) is 0 Å². The number of aryl methyl sites for hydroxylation is 1. The van der Waals surface area contributed by atoms with Crippen LogP contribution in [0.15, 0.2) is 42.6 Å². The van der Waals surface area contributed by atoms with E-state index in [1.54, 1.807) is 0 Å². The predicted molar refractivity (Wildman–Crippen MR) is 86.7 cm³/mol. The van der Waals surface area contributed by atoms with Crippen molar-refractivity contribution >= 4 is 0 Å². The van der Waals surface area contributed by atoms with Gasteiger partial charge in [0.2, 0.25) is 0 Å². The number of nitrogens with one attached hydrogen (secondary N) is 1. The summed E-state index contributed by atoms with van der Waals surface area (Å²) >= 11 is 0. The number of nitrogens with zero attached hydrogens (tertiary/aromatic N) is 1. The van der Waals surface area contributed by atoms with Crippen molar-refractivity contribution in [3.8, 4) is 5.75 Å². The summed E-state index contributed by atoms with van der Waals surface area (Å²) in [5.74, 6) is 0.957. The van der Waals surface area contributed by atoms with E-state index in [-0.39, 0.29) is 0 Å². The van der Waals surface area contributed by atoms with Crippen molar-refractivity contribution in [1.82, 2.24) is 10.3 Å². The number of hydrogen-bond donors (Lipinski definition) is 1. The van der Waals surface area contributed by atoms with Crippen molar-refractivity contribution in [1.29, 1.82) is 0 Å². The molecule has 0 radical (unpaired) electrons. The van der Waals surface area contributed by atoms with E-state index in [0.29, 0.717) is 12.6 Å². The Bertz CT molecular complexity index is 554. The zero-order valence-electron chi connectivity index (χ0n) is 13.1. The molecule has 1 aromatic carbocycles. The zero-order valence-corrected chi connectivity index (χ0v) is 13.1. The SMILES string of the molecule is CCNC(C)c1ccc(OCCc2ccccn2)c(C)c1. The summed E-state index contributed by atoms with van der Waals surface area (Å²) in [6.07, 6.45) is 2.65. The first-order chi connectivity index (χ1) is 10.2. The van der Waals surface area contributed by atoms with Gasteiger partial charge in [0.05, 0.1) is 6.61 Å². The normalized spacial score (nSPS) is 12.1. The Labute approximate surface area is 127 Å². The zero-order chi connectivity index (χ0) is 15.1. The van der Waals surface area contributed by atoms with Crippen LogP contribution >= 0.6 is 0 Å². The van der Waals surface area contributed by atoms with E-state index in [1.165, 1.54) is 11.1 Å². The monoisotopic (exact) mass is 284 g/mol. The number of hydrogen-bond acceptors (Lipinski definition) is 3. The van der Waals surface area contributed by atoms with Gasteiger partial charge in [-0.2, -0.15) is 0 Å². The number of pyridine rings is 1. The lowest BCUT2D eigenvalue weighted by Crippen LogP contribution is -2.17. The molecule has 2 rings (SSSR count). The van der Waals surface area contributed by atoms with Gasteiger partial charge in [0.15, 0.2) is 0 Å². The largest absolute Gasteiger partial charge is 0.493 e. The molecular weight excluding hydrogens is 260 g/mol. The molecule has 3 nitrogen and oxygen atoms in total. The minimum Gasteiger partial charge on any atom is -0.493 e. The maximum absolute atomic E-state index is 5.88. The number of aromatic nitrogens is 1. The topological polar surface area (TPSA) is 34.1 Å². The Morgan fingerprint density at radius 1 is 1.24 bits per heavy atom. The second kappa shape index (κ2) is 7.79. The smallest absolute Gasteiger partial charge is 0.122 e. The fourth-order valence-electron chi connectivity index (χ4n) is 2.34. The molecule has 0 amide bonds. The highest BCUT2D eigenvalue weighted by atomic mass is 16.5. The summed E-state index contributed by atoms with van der Waals surface area (Å²) in [5, 5.41) is 3.42. The highest BCUT2D eigenvalue weighted by Gasteiger charge is 2.07. The summed E-state index contributed by atoms with van der Waals surface area (Å²) in [7, 11) is 0. The number of rotatable bonds is 7. The Hall–Kier alpha value is -1.87. The molecule has 112 valence electrons. The van der Waals surface area contributed by atoms with Crippen LogP contribution in [-0.2, 0) is 6.42 Å². The molecule has 21 heavy (non-hydrogen) atoms. The molecule has 1 heterocycles. The van der Waals surface area contributed by atoms with Crippen molar-refractivity contribution < 1.29 is 4.74 Å². The van der Waals surface area contributed by atoms with Gasteiger partial charge in [-0.25, -0.2) is 0 Å². The van der Waals surface area contributed by atoms with Gasteiger partial charge in [0.25, 0.3) is 0 Å². The molecule has 0 bridgehead atoms. The van der Waals surface area contributed by atoms with Gasteiger partial charge in [0, 0.05) is 24.4 Å². The molecule has 0 aliphatic heterocycles. The van der Waals surface area contributed by atoms with Gasteiger partial charge in [-0.3, -0.25) is 4.98 Å². The quantitative estimate of drug-likeness (QED) is 0.842. The third-order valence-corrected chi connectivity index (χ3v) is 3.55. The lowest BCUT2D eigenvalue weighted by atomic mass is 10.1. The lowest BCUT2D eigenvalue weighted by molar-refractivity contribution is 0.318. The average molecular weight is 284 g/mol. The fourth-order valence-corrected chi connectivity index (χ4v) is 2.34.